The number of aromatic nitrogens is 1. The number of para-hydroxylation sites is 1. The number of rotatable bonds is 4. The largest absolute Gasteiger partial charge is 0.230 e. The Morgan fingerprint density at radius 1 is 1.19 bits per heavy atom. The molecule has 0 aliphatic heterocycles. The van der Waals surface area contributed by atoms with Gasteiger partial charge < -0.3 is 0 Å². The van der Waals surface area contributed by atoms with E-state index < -0.39 is 0 Å². The molecular formula is C17H14N2S2. The fraction of sp³-hybridized carbons (Fsp3) is 0.176. The summed E-state index contributed by atoms with van der Waals surface area (Å²) in [5, 5.41) is 9.28. The molecule has 0 aliphatic carbocycles. The van der Waals surface area contributed by atoms with E-state index in [0.717, 1.165) is 16.3 Å². The lowest BCUT2D eigenvalue weighted by atomic mass is 10.1. The minimum atomic E-state index is -0.103. The van der Waals surface area contributed by atoms with Crippen molar-refractivity contribution in [2.75, 3.05) is 0 Å². The number of aryl methyl sites for hydroxylation is 1. The van der Waals surface area contributed by atoms with Crippen LogP contribution in [0.4, 0.5) is 0 Å². The highest BCUT2D eigenvalue weighted by molar-refractivity contribution is 8.01. The van der Waals surface area contributed by atoms with Gasteiger partial charge in [-0.05, 0) is 31.0 Å². The first-order valence-corrected chi connectivity index (χ1v) is 8.41. The van der Waals surface area contributed by atoms with Gasteiger partial charge in [0, 0.05) is 0 Å². The third kappa shape index (κ3) is 3.44. The number of fused-ring (bicyclic) bond motifs is 1. The molecule has 4 heteroatoms. The molecule has 21 heavy (non-hydrogen) atoms. The van der Waals surface area contributed by atoms with Gasteiger partial charge in [-0.15, -0.1) is 11.3 Å². The number of thiazole rings is 1. The zero-order valence-electron chi connectivity index (χ0n) is 11.6. The Hall–Kier alpha value is -1.83. The lowest BCUT2D eigenvalue weighted by Gasteiger charge is -2.07. The number of thioether (sulfide) groups is 1. The van der Waals surface area contributed by atoms with Crippen molar-refractivity contribution >= 4 is 33.3 Å². The van der Waals surface area contributed by atoms with Crippen molar-refractivity contribution in [2.45, 2.75) is 22.9 Å². The smallest absolute Gasteiger partial charge is 0.152 e. The first-order valence-electron chi connectivity index (χ1n) is 6.72. The molecule has 1 heterocycles. The molecule has 0 radical (unpaired) electrons. The zero-order valence-corrected chi connectivity index (χ0v) is 13.2. The Balaban J connectivity index is 1.75. The molecule has 0 N–H and O–H groups in total. The molecule has 0 saturated heterocycles. The second-order valence-corrected chi connectivity index (χ2v) is 7.35. The second-order valence-electron chi connectivity index (χ2n) is 4.87. The molecule has 1 unspecified atom stereocenters. The maximum Gasteiger partial charge on any atom is 0.152 e. The molecule has 0 saturated carbocycles. The van der Waals surface area contributed by atoms with Crippen molar-refractivity contribution in [2.24, 2.45) is 0 Å². The standard InChI is InChI=1S/C17H14N2S2/c1-12-6-8-13(9-7-12)10-14(11-18)20-17-19-15-4-2-3-5-16(15)21-17/h2-9,14H,10H2,1H3. The quantitative estimate of drug-likeness (QED) is 0.647. The summed E-state index contributed by atoms with van der Waals surface area (Å²) in [5.41, 5.74) is 3.45. The van der Waals surface area contributed by atoms with Gasteiger partial charge in [0.05, 0.1) is 16.3 Å². The fourth-order valence-corrected chi connectivity index (χ4v) is 4.31. The number of nitriles is 1. The molecule has 0 fully saturated rings. The Bertz CT molecular complexity index is 751. The summed E-state index contributed by atoms with van der Waals surface area (Å²) < 4.78 is 2.14. The van der Waals surface area contributed by atoms with Gasteiger partial charge in [0.1, 0.15) is 5.25 Å². The van der Waals surface area contributed by atoms with Crippen LogP contribution in [0.15, 0.2) is 52.9 Å². The molecule has 0 aliphatic rings. The van der Waals surface area contributed by atoms with E-state index in [2.05, 4.69) is 48.3 Å². The van der Waals surface area contributed by atoms with E-state index in [4.69, 9.17) is 0 Å². The summed E-state index contributed by atoms with van der Waals surface area (Å²) in [6.45, 7) is 2.07. The summed E-state index contributed by atoms with van der Waals surface area (Å²) in [4.78, 5) is 4.59. The Morgan fingerprint density at radius 3 is 2.67 bits per heavy atom. The highest BCUT2D eigenvalue weighted by Gasteiger charge is 2.13. The molecule has 2 aromatic carbocycles. The van der Waals surface area contributed by atoms with Crippen molar-refractivity contribution in [3.8, 4) is 6.07 Å². The van der Waals surface area contributed by atoms with E-state index in [9.17, 15) is 5.26 Å². The molecular weight excluding hydrogens is 296 g/mol. The lowest BCUT2D eigenvalue weighted by Crippen LogP contribution is -2.03. The van der Waals surface area contributed by atoms with Crippen molar-refractivity contribution in [3.63, 3.8) is 0 Å². The average Bonchev–Trinajstić information content (AvgIpc) is 2.91. The van der Waals surface area contributed by atoms with Gasteiger partial charge in [-0.25, -0.2) is 4.98 Å². The maximum absolute atomic E-state index is 9.38. The van der Waals surface area contributed by atoms with E-state index in [1.165, 1.54) is 15.8 Å². The lowest BCUT2D eigenvalue weighted by molar-refractivity contribution is 1.02. The molecule has 3 aromatic rings. The number of benzene rings is 2. The third-order valence-corrected chi connectivity index (χ3v) is 5.42. The van der Waals surface area contributed by atoms with Gasteiger partial charge in [-0.1, -0.05) is 53.7 Å². The summed E-state index contributed by atoms with van der Waals surface area (Å²) in [5.74, 6) is 0. The van der Waals surface area contributed by atoms with E-state index >= 15 is 0 Å². The zero-order chi connectivity index (χ0) is 14.7. The summed E-state index contributed by atoms with van der Waals surface area (Å²) in [7, 11) is 0. The normalized spacial score (nSPS) is 12.2. The van der Waals surface area contributed by atoms with Crippen LogP contribution in [-0.2, 0) is 6.42 Å². The molecule has 2 nitrogen and oxygen atoms in total. The SMILES string of the molecule is Cc1ccc(CC(C#N)Sc2nc3ccccc3s2)cc1. The van der Waals surface area contributed by atoms with Crippen LogP contribution in [0.5, 0.6) is 0 Å². The predicted octanol–water partition coefficient (Wildman–Crippen LogP) is 4.83. The minimum Gasteiger partial charge on any atom is -0.230 e. The van der Waals surface area contributed by atoms with Crippen LogP contribution in [0.2, 0.25) is 0 Å². The first-order chi connectivity index (χ1) is 10.2. The van der Waals surface area contributed by atoms with Gasteiger partial charge in [0.15, 0.2) is 4.34 Å². The van der Waals surface area contributed by atoms with Crippen LogP contribution in [0.3, 0.4) is 0 Å². The van der Waals surface area contributed by atoms with Crippen LogP contribution in [0, 0.1) is 18.3 Å². The monoisotopic (exact) mass is 310 g/mol. The van der Waals surface area contributed by atoms with Gasteiger partial charge in [-0.2, -0.15) is 5.26 Å². The molecule has 104 valence electrons. The summed E-state index contributed by atoms with van der Waals surface area (Å²) in [6, 6.07) is 18.8. The Kier molecular flexibility index (Phi) is 4.23. The minimum absolute atomic E-state index is 0.103. The van der Waals surface area contributed by atoms with Gasteiger partial charge in [0.25, 0.3) is 0 Å². The van der Waals surface area contributed by atoms with E-state index in [1.807, 2.05) is 18.2 Å². The molecule has 3 rings (SSSR count). The molecule has 0 bridgehead atoms. The number of nitrogens with zero attached hydrogens (tertiary/aromatic N) is 2. The van der Waals surface area contributed by atoms with Crippen LogP contribution < -0.4 is 0 Å². The number of hydrogen-bond acceptors (Lipinski definition) is 4. The van der Waals surface area contributed by atoms with Gasteiger partial charge >= 0.3 is 0 Å². The van der Waals surface area contributed by atoms with Gasteiger partial charge in [-0.3, -0.25) is 0 Å². The fourth-order valence-electron chi connectivity index (χ4n) is 2.08. The van der Waals surface area contributed by atoms with E-state index in [0.29, 0.717) is 0 Å². The van der Waals surface area contributed by atoms with Crippen LogP contribution in [0.25, 0.3) is 10.2 Å². The highest BCUT2D eigenvalue weighted by Crippen LogP contribution is 2.32. The van der Waals surface area contributed by atoms with Gasteiger partial charge in [0.2, 0.25) is 0 Å². The Morgan fingerprint density at radius 2 is 1.95 bits per heavy atom. The van der Waals surface area contributed by atoms with Crippen LogP contribution >= 0.6 is 23.1 Å². The Labute approximate surface area is 132 Å². The van der Waals surface area contributed by atoms with E-state index in [-0.39, 0.29) is 5.25 Å². The molecule has 1 aromatic heterocycles. The maximum atomic E-state index is 9.38. The van der Waals surface area contributed by atoms with Crippen LogP contribution in [-0.4, -0.2) is 10.2 Å². The predicted molar refractivity (Wildman–Crippen MR) is 89.8 cm³/mol. The second kappa shape index (κ2) is 6.30. The molecule has 0 amide bonds. The van der Waals surface area contributed by atoms with Crippen LogP contribution in [0.1, 0.15) is 11.1 Å². The molecule has 0 spiro atoms. The summed E-state index contributed by atoms with van der Waals surface area (Å²) >= 11 is 3.21. The topological polar surface area (TPSA) is 36.7 Å². The van der Waals surface area contributed by atoms with Crippen molar-refractivity contribution in [1.29, 1.82) is 5.26 Å². The van der Waals surface area contributed by atoms with Crippen molar-refractivity contribution in [3.05, 3.63) is 59.7 Å². The van der Waals surface area contributed by atoms with Crippen molar-refractivity contribution in [1.82, 2.24) is 4.98 Å². The molecule has 1 atom stereocenters. The summed E-state index contributed by atoms with van der Waals surface area (Å²) in [6.07, 6.45) is 0.747. The van der Waals surface area contributed by atoms with E-state index in [1.54, 1.807) is 23.1 Å². The number of hydrogen-bond donors (Lipinski definition) is 0. The van der Waals surface area contributed by atoms with Crippen molar-refractivity contribution < 1.29 is 0 Å². The first kappa shape index (κ1) is 14.1. The third-order valence-electron chi connectivity index (χ3n) is 3.20. The average molecular weight is 310 g/mol. The highest BCUT2D eigenvalue weighted by atomic mass is 32.2.